The van der Waals surface area contributed by atoms with Crippen LogP contribution < -0.4 is 0 Å². The second kappa shape index (κ2) is 6.44. The maximum absolute atomic E-state index is 11.7. The minimum Gasteiger partial charge on any atom is -0.468 e. The van der Waals surface area contributed by atoms with Gasteiger partial charge in [0.25, 0.3) is 0 Å². The van der Waals surface area contributed by atoms with Crippen molar-refractivity contribution >= 4 is 5.97 Å². The molecule has 3 aromatic rings. The molecular weight excluding hydrogens is 290 g/mol. The number of ether oxygens (including phenoxy) is 1. The van der Waals surface area contributed by atoms with Crippen molar-refractivity contribution in [3.8, 4) is 22.4 Å². The zero-order valence-corrected chi connectivity index (χ0v) is 13.1. The number of hydrogen-bond acceptors (Lipinski definition) is 4. The smallest absolute Gasteiger partial charge is 0.327 e. The molecule has 0 aliphatic heterocycles. The van der Waals surface area contributed by atoms with Crippen molar-refractivity contribution in [2.75, 3.05) is 7.11 Å². The van der Waals surface area contributed by atoms with E-state index in [0.29, 0.717) is 0 Å². The highest BCUT2D eigenvalue weighted by Gasteiger charge is 2.16. The van der Waals surface area contributed by atoms with E-state index in [1.807, 2.05) is 43.3 Å². The minimum absolute atomic E-state index is 0.0742. The Balaban J connectivity index is 2.13. The lowest BCUT2D eigenvalue weighted by atomic mass is 10.0. The van der Waals surface area contributed by atoms with Gasteiger partial charge in [-0.15, -0.1) is 0 Å². The molecule has 0 fully saturated rings. The van der Waals surface area contributed by atoms with Crippen LogP contribution in [0, 0.1) is 6.92 Å². The van der Waals surface area contributed by atoms with Gasteiger partial charge >= 0.3 is 5.97 Å². The number of benzene rings is 1. The summed E-state index contributed by atoms with van der Waals surface area (Å²) in [6.45, 7) is 2.12. The second-order valence-electron chi connectivity index (χ2n) is 5.24. The first-order chi connectivity index (χ1) is 11.2. The van der Waals surface area contributed by atoms with Crippen LogP contribution in [0.3, 0.4) is 0 Å². The van der Waals surface area contributed by atoms with Crippen molar-refractivity contribution in [1.82, 2.24) is 14.8 Å². The molecule has 23 heavy (non-hydrogen) atoms. The number of carbonyl (C=O) groups is 1. The zero-order chi connectivity index (χ0) is 16.2. The van der Waals surface area contributed by atoms with Gasteiger partial charge in [0.1, 0.15) is 6.54 Å². The van der Waals surface area contributed by atoms with Gasteiger partial charge in [0, 0.05) is 23.5 Å². The summed E-state index contributed by atoms with van der Waals surface area (Å²) in [7, 11) is 1.38. The first-order valence-electron chi connectivity index (χ1n) is 7.29. The van der Waals surface area contributed by atoms with Gasteiger partial charge in [-0.3, -0.25) is 14.5 Å². The molecule has 0 bridgehead atoms. The summed E-state index contributed by atoms with van der Waals surface area (Å²) in [5, 5.41) is 4.37. The standard InChI is InChI=1S/C18H17N3O2/c1-13-3-5-15(6-4-13)18-16(14-7-9-19-10-8-14)11-20-21(18)12-17(22)23-2/h3-11H,12H2,1-2H3. The Morgan fingerprint density at radius 1 is 1.09 bits per heavy atom. The van der Waals surface area contributed by atoms with Crippen LogP contribution in [0.15, 0.2) is 55.0 Å². The molecule has 3 rings (SSSR count). The topological polar surface area (TPSA) is 57.0 Å². The van der Waals surface area contributed by atoms with Crippen LogP contribution in [0.2, 0.25) is 0 Å². The third-order valence-corrected chi connectivity index (χ3v) is 3.66. The Morgan fingerprint density at radius 2 is 1.78 bits per heavy atom. The summed E-state index contributed by atoms with van der Waals surface area (Å²) >= 11 is 0. The van der Waals surface area contributed by atoms with Gasteiger partial charge in [0.2, 0.25) is 0 Å². The van der Waals surface area contributed by atoms with E-state index in [1.165, 1.54) is 12.7 Å². The molecule has 5 nitrogen and oxygen atoms in total. The maximum Gasteiger partial charge on any atom is 0.327 e. The lowest BCUT2D eigenvalue weighted by molar-refractivity contribution is -0.141. The van der Waals surface area contributed by atoms with Crippen molar-refractivity contribution in [3.63, 3.8) is 0 Å². The van der Waals surface area contributed by atoms with E-state index < -0.39 is 0 Å². The summed E-state index contributed by atoms with van der Waals surface area (Å²) in [4.78, 5) is 15.7. The van der Waals surface area contributed by atoms with Crippen molar-refractivity contribution in [2.24, 2.45) is 0 Å². The van der Waals surface area contributed by atoms with Crippen LogP contribution in [0.25, 0.3) is 22.4 Å². The number of aromatic nitrogens is 3. The van der Waals surface area contributed by atoms with Gasteiger partial charge in [-0.1, -0.05) is 29.8 Å². The highest BCUT2D eigenvalue weighted by molar-refractivity contribution is 5.81. The minimum atomic E-state index is -0.331. The average Bonchev–Trinajstić information content (AvgIpc) is 3.00. The molecular formula is C18H17N3O2. The van der Waals surface area contributed by atoms with Gasteiger partial charge in [-0.2, -0.15) is 5.10 Å². The molecule has 2 heterocycles. The first kappa shape index (κ1) is 15.0. The number of pyridine rings is 1. The number of aryl methyl sites for hydroxylation is 1. The van der Waals surface area contributed by atoms with Gasteiger partial charge < -0.3 is 4.74 Å². The van der Waals surface area contributed by atoms with E-state index in [4.69, 9.17) is 4.74 Å². The average molecular weight is 307 g/mol. The fourth-order valence-corrected chi connectivity index (χ4v) is 2.45. The molecule has 0 aliphatic carbocycles. The van der Waals surface area contributed by atoms with E-state index in [1.54, 1.807) is 23.3 Å². The lowest BCUT2D eigenvalue weighted by Crippen LogP contribution is -2.13. The zero-order valence-electron chi connectivity index (χ0n) is 13.1. The van der Waals surface area contributed by atoms with Gasteiger partial charge in [0.05, 0.1) is 19.0 Å². The molecule has 1 aromatic carbocycles. The van der Waals surface area contributed by atoms with E-state index in [0.717, 1.165) is 22.4 Å². The summed E-state index contributed by atoms with van der Waals surface area (Å²) < 4.78 is 6.44. The predicted octanol–water partition coefficient (Wildman–Crippen LogP) is 3.09. The van der Waals surface area contributed by atoms with E-state index in [-0.39, 0.29) is 12.5 Å². The molecule has 0 spiro atoms. The Hall–Kier alpha value is -2.95. The molecule has 5 heteroatoms. The molecule has 0 aliphatic rings. The number of hydrogen-bond donors (Lipinski definition) is 0. The number of nitrogens with zero attached hydrogens (tertiary/aromatic N) is 3. The number of esters is 1. The second-order valence-corrected chi connectivity index (χ2v) is 5.24. The van der Waals surface area contributed by atoms with Crippen LogP contribution in [-0.2, 0) is 16.1 Å². The molecule has 116 valence electrons. The number of carbonyl (C=O) groups excluding carboxylic acids is 1. The molecule has 0 atom stereocenters. The van der Waals surface area contributed by atoms with E-state index >= 15 is 0 Å². The van der Waals surface area contributed by atoms with Crippen LogP contribution in [0.5, 0.6) is 0 Å². The summed E-state index contributed by atoms with van der Waals surface area (Å²) in [6.07, 6.45) is 5.26. The van der Waals surface area contributed by atoms with Crippen molar-refractivity contribution < 1.29 is 9.53 Å². The van der Waals surface area contributed by atoms with E-state index in [9.17, 15) is 4.79 Å². The summed E-state index contributed by atoms with van der Waals surface area (Å²) in [5.41, 5.74) is 5.04. The van der Waals surface area contributed by atoms with Crippen molar-refractivity contribution in [1.29, 1.82) is 0 Å². The summed E-state index contributed by atoms with van der Waals surface area (Å²) in [6, 6.07) is 12.0. The molecule has 0 N–H and O–H groups in total. The van der Waals surface area contributed by atoms with Crippen molar-refractivity contribution in [3.05, 3.63) is 60.6 Å². The van der Waals surface area contributed by atoms with Gasteiger partial charge in [-0.25, -0.2) is 0 Å². The molecule has 0 amide bonds. The number of methoxy groups -OCH3 is 1. The molecule has 0 saturated carbocycles. The van der Waals surface area contributed by atoms with Crippen LogP contribution in [0.1, 0.15) is 5.56 Å². The SMILES string of the molecule is COC(=O)Cn1ncc(-c2ccncc2)c1-c1ccc(C)cc1. The predicted molar refractivity (Wildman–Crippen MR) is 87.6 cm³/mol. The Kier molecular flexibility index (Phi) is 4.19. The lowest BCUT2D eigenvalue weighted by Gasteiger charge is -2.10. The first-order valence-corrected chi connectivity index (χ1v) is 7.29. The maximum atomic E-state index is 11.7. The Labute approximate surface area is 134 Å². The molecule has 0 saturated heterocycles. The molecule has 2 aromatic heterocycles. The third-order valence-electron chi connectivity index (χ3n) is 3.66. The fourth-order valence-electron chi connectivity index (χ4n) is 2.45. The summed E-state index contributed by atoms with van der Waals surface area (Å²) in [5.74, 6) is -0.331. The van der Waals surface area contributed by atoms with Crippen LogP contribution in [-0.4, -0.2) is 27.8 Å². The highest BCUT2D eigenvalue weighted by Crippen LogP contribution is 2.32. The van der Waals surface area contributed by atoms with Crippen molar-refractivity contribution in [2.45, 2.75) is 13.5 Å². The normalized spacial score (nSPS) is 10.5. The van der Waals surface area contributed by atoms with E-state index in [2.05, 4.69) is 10.1 Å². The fraction of sp³-hybridized carbons (Fsp3) is 0.167. The third kappa shape index (κ3) is 3.13. The Bertz CT molecular complexity index is 808. The largest absolute Gasteiger partial charge is 0.468 e. The number of rotatable bonds is 4. The molecule has 0 radical (unpaired) electrons. The highest BCUT2D eigenvalue weighted by atomic mass is 16.5. The van der Waals surface area contributed by atoms with Gasteiger partial charge in [0.15, 0.2) is 0 Å². The quantitative estimate of drug-likeness (QED) is 0.695. The monoisotopic (exact) mass is 307 g/mol. The van der Waals surface area contributed by atoms with Gasteiger partial charge in [-0.05, 0) is 24.6 Å². The van der Waals surface area contributed by atoms with Crippen LogP contribution in [0.4, 0.5) is 0 Å². The van der Waals surface area contributed by atoms with Crippen LogP contribution >= 0.6 is 0 Å². The Morgan fingerprint density at radius 3 is 2.43 bits per heavy atom. The molecule has 0 unspecified atom stereocenters.